The highest BCUT2D eigenvalue weighted by atomic mass is 16.3. The molecule has 0 aromatic carbocycles. The largest absolute Gasteiger partial charge is 0.386 e. The van der Waals surface area contributed by atoms with Crippen molar-refractivity contribution >= 4 is 0 Å². The lowest BCUT2D eigenvalue weighted by Gasteiger charge is -2.44. The van der Waals surface area contributed by atoms with Crippen LogP contribution in [-0.2, 0) is 0 Å². The Balaban J connectivity index is 2.35. The molecule has 2 nitrogen and oxygen atoms in total. The second kappa shape index (κ2) is 1.71. The van der Waals surface area contributed by atoms with E-state index in [1.807, 2.05) is 6.08 Å². The third-order valence-electron chi connectivity index (χ3n) is 2.41. The predicted octanol–water partition coefficient (Wildman–Crippen LogP) is 0.368. The van der Waals surface area contributed by atoms with Crippen LogP contribution in [0.2, 0.25) is 0 Å². The maximum atomic E-state index is 9.63. The van der Waals surface area contributed by atoms with Gasteiger partial charge in [0, 0.05) is 0 Å². The molecule has 0 unspecified atom stereocenters. The summed E-state index contributed by atoms with van der Waals surface area (Å²) >= 11 is 0. The zero-order valence-electron chi connectivity index (χ0n) is 5.62. The zero-order chi connectivity index (χ0) is 7.19. The molecule has 0 aliphatic heterocycles. The summed E-state index contributed by atoms with van der Waals surface area (Å²) in [7, 11) is 0. The third kappa shape index (κ3) is 0.554. The minimum atomic E-state index is -0.894. The van der Waals surface area contributed by atoms with E-state index in [0.717, 1.165) is 12.0 Å². The van der Waals surface area contributed by atoms with Gasteiger partial charge in [0.15, 0.2) is 0 Å². The first-order chi connectivity index (χ1) is 4.73. The quantitative estimate of drug-likeness (QED) is 0.507. The Morgan fingerprint density at radius 1 is 1.60 bits per heavy atom. The highest BCUT2D eigenvalue weighted by Gasteiger charge is 2.45. The summed E-state index contributed by atoms with van der Waals surface area (Å²) < 4.78 is 0. The lowest BCUT2D eigenvalue weighted by molar-refractivity contribution is -0.0613. The van der Waals surface area contributed by atoms with Crippen LogP contribution in [0.5, 0.6) is 0 Å². The minimum Gasteiger partial charge on any atom is -0.386 e. The molecule has 0 radical (unpaired) electrons. The van der Waals surface area contributed by atoms with Crippen LogP contribution in [0, 0.1) is 0 Å². The Morgan fingerprint density at radius 3 is 2.80 bits per heavy atom. The average Bonchev–Trinajstić information content (AvgIpc) is 1.90. The molecule has 1 saturated carbocycles. The normalized spacial score (nSPS) is 43.8. The topological polar surface area (TPSA) is 40.5 Å². The van der Waals surface area contributed by atoms with Gasteiger partial charge < -0.3 is 10.2 Å². The minimum absolute atomic E-state index is 0.679. The lowest BCUT2D eigenvalue weighted by Crippen LogP contribution is -2.50. The first kappa shape index (κ1) is 6.13. The maximum Gasteiger partial charge on any atom is 0.116 e. The van der Waals surface area contributed by atoms with Crippen molar-refractivity contribution in [2.24, 2.45) is 0 Å². The summed E-state index contributed by atoms with van der Waals surface area (Å²) in [6.45, 7) is 0. The van der Waals surface area contributed by atoms with Crippen LogP contribution in [0.4, 0.5) is 0 Å². The molecule has 2 aliphatic rings. The van der Waals surface area contributed by atoms with Crippen LogP contribution in [-0.4, -0.2) is 21.9 Å². The van der Waals surface area contributed by atoms with Gasteiger partial charge in [-0.2, -0.15) is 0 Å². The molecule has 0 aromatic rings. The molecule has 0 amide bonds. The van der Waals surface area contributed by atoms with Crippen molar-refractivity contribution in [2.75, 3.05) is 0 Å². The van der Waals surface area contributed by atoms with Crippen LogP contribution in [0.3, 0.4) is 0 Å². The fraction of sp³-hybridized carbons (Fsp3) is 0.500. The second-order valence-corrected chi connectivity index (χ2v) is 2.95. The van der Waals surface area contributed by atoms with Gasteiger partial charge in [-0.25, -0.2) is 0 Å². The van der Waals surface area contributed by atoms with E-state index in [1.54, 1.807) is 12.2 Å². The van der Waals surface area contributed by atoms with Gasteiger partial charge in [0.05, 0.1) is 0 Å². The molecule has 2 heteroatoms. The molecule has 0 saturated heterocycles. The first-order valence-corrected chi connectivity index (χ1v) is 3.52. The smallest absolute Gasteiger partial charge is 0.116 e. The van der Waals surface area contributed by atoms with Crippen molar-refractivity contribution in [2.45, 2.75) is 24.5 Å². The predicted molar refractivity (Wildman–Crippen MR) is 37.4 cm³/mol. The molecule has 2 N–H and O–H groups in total. The zero-order valence-corrected chi connectivity index (χ0v) is 5.62. The first-order valence-electron chi connectivity index (χ1n) is 3.52. The van der Waals surface area contributed by atoms with Crippen LogP contribution >= 0.6 is 0 Å². The number of fused-ring (bicyclic) bond motifs is 1. The molecule has 0 aromatic heterocycles. The highest BCUT2D eigenvalue weighted by molar-refractivity contribution is 5.37. The summed E-state index contributed by atoms with van der Waals surface area (Å²) in [6, 6.07) is 0. The molecule has 0 heterocycles. The fourth-order valence-corrected chi connectivity index (χ4v) is 1.53. The molecule has 2 aliphatic carbocycles. The van der Waals surface area contributed by atoms with E-state index >= 15 is 0 Å². The molecule has 0 bridgehead atoms. The van der Waals surface area contributed by atoms with E-state index in [4.69, 9.17) is 0 Å². The van der Waals surface area contributed by atoms with Crippen molar-refractivity contribution in [3.63, 3.8) is 0 Å². The molecule has 2 rings (SSSR count). The van der Waals surface area contributed by atoms with E-state index < -0.39 is 11.7 Å². The van der Waals surface area contributed by atoms with Gasteiger partial charge in [-0.05, 0) is 18.4 Å². The number of aliphatic hydroxyl groups is 2. The van der Waals surface area contributed by atoms with E-state index in [9.17, 15) is 10.2 Å². The molecule has 2 atom stereocenters. The Bertz CT molecular complexity index is 217. The second-order valence-electron chi connectivity index (χ2n) is 2.95. The summed E-state index contributed by atoms with van der Waals surface area (Å²) in [5.41, 5.74) is 0.0804. The van der Waals surface area contributed by atoms with Gasteiger partial charge in [-0.3, -0.25) is 0 Å². The summed E-state index contributed by atoms with van der Waals surface area (Å²) in [5, 5.41) is 18.9. The van der Waals surface area contributed by atoms with Crippen molar-refractivity contribution in [1.82, 2.24) is 0 Å². The fourth-order valence-electron chi connectivity index (χ4n) is 1.53. The summed E-state index contributed by atoms with van der Waals surface area (Å²) in [5.74, 6) is 0. The van der Waals surface area contributed by atoms with E-state index in [-0.39, 0.29) is 0 Å². The van der Waals surface area contributed by atoms with E-state index in [1.165, 1.54) is 0 Å². The Hall–Kier alpha value is -0.600. The molecular formula is C8H10O2. The molecule has 0 spiro atoms. The van der Waals surface area contributed by atoms with Gasteiger partial charge in [0.1, 0.15) is 11.7 Å². The van der Waals surface area contributed by atoms with Crippen LogP contribution < -0.4 is 0 Å². The Kier molecular flexibility index (Phi) is 1.05. The maximum absolute atomic E-state index is 9.63. The van der Waals surface area contributed by atoms with Gasteiger partial charge in [-0.1, -0.05) is 18.2 Å². The van der Waals surface area contributed by atoms with E-state index in [2.05, 4.69) is 0 Å². The number of hydrogen-bond donors (Lipinski definition) is 2. The number of allylic oxidation sites excluding steroid dienone is 2. The van der Waals surface area contributed by atoms with Gasteiger partial charge >= 0.3 is 0 Å². The Morgan fingerprint density at radius 2 is 2.40 bits per heavy atom. The van der Waals surface area contributed by atoms with Crippen molar-refractivity contribution in [3.05, 3.63) is 23.8 Å². The van der Waals surface area contributed by atoms with Crippen molar-refractivity contribution < 1.29 is 10.2 Å². The third-order valence-corrected chi connectivity index (χ3v) is 2.41. The number of hydrogen-bond acceptors (Lipinski definition) is 2. The monoisotopic (exact) mass is 138 g/mol. The van der Waals surface area contributed by atoms with Crippen LogP contribution in [0.25, 0.3) is 0 Å². The van der Waals surface area contributed by atoms with Crippen LogP contribution in [0.1, 0.15) is 12.8 Å². The summed E-state index contributed by atoms with van der Waals surface area (Å²) in [6.07, 6.45) is 6.26. The van der Waals surface area contributed by atoms with E-state index in [0.29, 0.717) is 6.42 Å². The molecular weight excluding hydrogens is 128 g/mol. The number of aliphatic hydroxyl groups excluding tert-OH is 1. The highest BCUT2D eigenvalue weighted by Crippen LogP contribution is 2.42. The van der Waals surface area contributed by atoms with Crippen molar-refractivity contribution in [1.29, 1.82) is 0 Å². The van der Waals surface area contributed by atoms with Gasteiger partial charge in [0.2, 0.25) is 0 Å². The SMILES string of the molecule is O[C@H]1C=CC=C2CC[C@@]21O. The standard InChI is InChI=1S/C8H10O2/c9-7-3-1-2-6-4-5-8(6,7)10/h1-3,7,9-10H,4-5H2/t7-,8+/m0/s1. The lowest BCUT2D eigenvalue weighted by atomic mass is 9.69. The van der Waals surface area contributed by atoms with Gasteiger partial charge in [-0.15, -0.1) is 0 Å². The van der Waals surface area contributed by atoms with Crippen LogP contribution in [0.15, 0.2) is 23.8 Å². The average molecular weight is 138 g/mol. The summed E-state index contributed by atoms with van der Waals surface area (Å²) in [4.78, 5) is 0. The Labute approximate surface area is 59.5 Å². The molecule has 54 valence electrons. The number of rotatable bonds is 0. The van der Waals surface area contributed by atoms with Gasteiger partial charge in [0.25, 0.3) is 0 Å². The van der Waals surface area contributed by atoms with Crippen molar-refractivity contribution in [3.8, 4) is 0 Å². The molecule has 10 heavy (non-hydrogen) atoms. The molecule has 1 fully saturated rings.